The van der Waals surface area contributed by atoms with E-state index in [0.29, 0.717) is 10.0 Å². The average Bonchev–Trinajstić information content (AvgIpc) is 2.68. The van der Waals surface area contributed by atoms with Gasteiger partial charge in [0.05, 0.1) is 21.9 Å². The minimum Gasteiger partial charge on any atom is -0.316 e. The number of hydrazone groups is 1. The highest BCUT2D eigenvalue weighted by Gasteiger charge is 2.13. The van der Waals surface area contributed by atoms with E-state index >= 15 is 0 Å². The number of rotatable bonds is 3. The monoisotopic (exact) mass is 323 g/mol. The van der Waals surface area contributed by atoms with Gasteiger partial charge in [-0.3, -0.25) is 4.79 Å². The topological polar surface area (TPSA) is 46.4 Å². The molecule has 110 valence electrons. The zero-order chi connectivity index (χ0) is 15.6. The summed E-state index contributed by atoms with van der Waals surface area (Å²) in [4.78, 5) is 10.8. The first-order valence-electron chi connectivity index (χ1n) is 6.34. The number of hydrogen-bond acceptors (Lipinski definition) is 2. The first-order chi connectivity index (χ1) is 9.91. The second kappa shape index (κ2) is 6.33. The number of benzene rings is 1. The van der Waals surface area contributed by atoms with Crippen molar-refractivity contribution in [1.82, 2.24) is 9.99 Å². The largest absolute Gasteiger partial charge is 0.316 e. The van der Waals surface area contributed by atoms with Crippen LogP contribution >= 0.6 is 23.2 Å². The first-order valence-corrected chi connectivity index (χ1v) is 7.10. The van der Waals surface area contributed by atoms with Crippen LogP contribution in [0.4, 0.5) is 0 Å². The number of aryl methyl sites for hydroxylation is 1. The third-order valence-electron chi connectivity index (χ3n) is 3.07. The van der Waals surface area contributed by atoms with Crippen LogP contribution in [0.1, 0.15) is 23.9 Å². The molecule has 0 radical (unpaired) electrons. The molecule has 0 atom stereocenters. The summed E-state index contributed by atoms with van der Waals surface area (Å²) in [6.45, 7) is 5.34. The Balaban J connectivity index is 2.47. The van der Waals surface area contributed by atoms with E-state index < -0.39 is 0 Å². The molecule has 1 aromatic heterocycles. The van der Waals surface area contributed by atoms with E-state index in [2.05, 4.69) is 10.5 Å². The maximum Gasteiger partial charge on any atom is 0.236 e. The zero-order valence-corrected chi connectivity index (χ0v) is 13.5. The first kappa shape index (κ1) is 15.6. The Morgan fingerprint density at radius 2 is 2.05 bits per heavy atom. The summed E-state index contributed by atoms with van der Waals surface area (Å²) in [7, 11) is 0. The molecule has 1 heterocycles. The van der Waals surface area contributed by atoms with Crippen molar-refractivity contribution in [2.45, 2.75) is 20.8 Å². The Kier molecular flexibility index (Phi) is 4.70. The molecule has 1 amide bonds. The molecule has 0 spiro atoms. The fourth-order valence-electron chi connectivity index (χ4n) is 2.15. The lowest BCUT2D eigenvalue weighted by molar-refractivity contribution is -0.118. The number of aromatic nitrogens is 1. The van der Waals surface area contributed by atoms with Crippen molar-refractivity contribution in [1.29, 1.82) is 0 Å². The number of hydrogen-bond donors (Lipinski definition) is 1. The minimum atomic E-state index is -0.210. The lowest BCUT2D eigenvalue weighted by Gasteiger charge is -2.12. The highest BCUT2D eigenvalue weighted by atomic mass is 35.5. The lowest BCUT2D eigenvalue weighted by atomic mass is 10.2. The number of nitrogens with one attached hydrogen (secondary N) is 1. The molecule has 0 aliphatic carbocycles. The van der Waals surface area contributed by atoms with Gasteiger partial charge in [-0.05, 0) is 32.0 Å². The summed E-state index contributed by atoms with van der Waals surface area (Å²) in [6, 6.07) is 7.48. The Morgan fingerprint density at radius 1 is 1.33 bits per heavy atom. The number of amides is 1. The van der Waals surface area contributed by atoms with Gasteiger partial charge in [0, 0.05) is 23.9 Å². The number of nitrogens with zero attached hydrogens (tertiary/aromatic N) is 2. The molecule has 2 aromatic rings. The molecule has 21 heavy (non-hydrogen) atoms. The molecule has 1 N–H and O–H groups in total. The standard InChI is InChI=1S/C15H15Cl2N3O/c1-9-7-12(8-18-19-11(3)21)10(2)20(9)14-6-4-5-13(16)15(14)17/h4-8H,1-3H3,(H,19,21)/b18-8+. The van der Waals surface area contributed by atoms with Crippen molar-refractivity contribution >= 4 is 35.3 Å². The van der Waals surface area contributed by atoms with Crippen LogP contribution in [0.25, 0.3) is 5.69 Å². The predicted octanol–water partition coefficient (Wildman–Crippen LogP) is 3.87. The van der Waals surface area contributed by atoms with E-state index in [0.717, 1.165) is 22.6 Å². The van der Waals surface area contributed by atoms with Crippen molar-refractivity contribution in [3.63, 3.8) is 0 Å². The van der Waals surface area contributed by atoms with Gasteiger partial charge in [-0.1, -0.05) is 29.3 Å². The summed E-state index contributed by atoms with van der Waals surface area (Å²) >= 11 is 12.4. The van der Waals surface area contributed by atoms with Crippen LogP contribution in [0.3, 0.4) is 0 Å². The van der Waals surface area contributed by atoms with E-state index in [1.807, 2.05) is 36.6 Å². The van der Waals surface area contributed by atoms with Crippen molar-refractivity contribution in [2.75, 3.05) is 0 Å². The highest BCUT2D eigenvalue weighted by molar-refractivity contribution is 6.43. The van der Waals surface area contributed by atoms with Gasteiger partial charge < -0.3 is 4.57 Å². The quantitative estimate of drug-likeness (QED) is 0.676. The smallest absolute Gasteiger partial charge is 0.236 e. The minimum absolute atomic E-state index is 0.210. The normalized spacial score (nSPS) is 11.1. The molecular formula is C15H15Cl2N3O. The van der Waals surface area contributed by atoms with Gasteiger partial charge in [-0.15, -0.1) is 0 Å². The molecule has 0 aliphatic heterocycles. The van der Waals surface area contributed by atoms with Crippen molar-refractivity contribution in [3.05, 3.63) is 51.3 Å². The van der Waals surface area contributed by atoms with Gasteiger partial charge in [0.2, 0.25) is 5.91 Å². The highest BCUT2D eigenvalue weighted by Crippen LogP contribution is 2.31. The maximum absolute atomic E-state index is 10.8. The predicted molar refractivity (Wildman–Crippen MR) is 86.7 cm³/mol. The van der Waals surface area contributed by atoms with Crippen LogP contribution in [-0.4, -0.2) is 16.7 Å². The van der Waals surface area contributed by atoms with Crippen molar-refractivity contribution in [2.24, 2.45) is 5.10 Å². The van der Waals surface area contributed by atoms with Gasteiger partial charge in [0.25, 0.3) is 0 Å². The molecule has 4 nitrogen and oxygen atoms in total. The number of halogens is 2. The van der Waals surface area contributed by atoms with Crippen molar-refractivity contribution < 1.29 is 4.79 Å². The Morgan fingerprint density at radius 3 is 2.71 bits per heavy atom. The van der Waals surface area contributed by atoms with Crippen LogP contribution in [0.15, 0.2) is 29.4 Å². The van der Waals surface area contributed by atoms with Crippen LogP contribution in [0.2, 0.25) is 10.0 Å². The molecule has 1 aromatic carbocycles. The molecule has 0 aliphatic rings. The van der Waals surface area contributed by atoms with E-state index in [-0.39, 0.29) is 5.91 Å². The molecule has 0 unspecified atom stereocenters. The molecular weight excluding hydrogens is 309 g/mol. The second-order valence-corrected chi connectivity index (χ2v) is 5.45. The second-order valence-electron chi connectivity index (χ2n) is 4.66. The summed E-state index contributed by atoms with van der Waals surface area (Å²) in [5, 5.41) is 4.91. The van der Waals surface area contributed by atoms with E-state index in [1.54, 1.807) is 12.3 Å². The van der Waals surface area contributed by atoms with Gasteiger partial charge in [0.15, 0.2) is 0 Å². The Hall–Kier alpha value is -1.78. The molecule has 6 heteroatoms. The van der Waals surface area contributed by atoms with Crippen LogP contribution in [0.5, 0.6) is 0 Å². The number of carbonyl (C=O) groups excluding carboxylic acids is 1. The van der Waals surface area contributed by atoms with Crippen LogP contribution < -0.4 is 5.43 Å². The zero-order valence-electron chi connectivity index (χ0n) is 11.9. The van der Waals surface area contributed by atoms with Gasteiger partial charge in [-0.25, -0.2) is 5.43 Å². The Labute approximate surface area is 133 Å². The van der Waals surface area contributed by atoms with Gasteiger partial charge in [-0.2, -0.15) is 5.10 Å². The summed E-state index contributed by atoms with van der Waals surface area (Å²) in [5.74, 6) is -0.210. The Bertz CT molecular complexity index is 720. The molecule has 0 saturated heterocycles. The summed E-state index contributed by atoms with van der Waals surface area (Å²) in [6.07, 6.45) is 1.61. The maximum atomic E-state index is 10.8. The fraction of sp³-hybridized carbons (Fsp3) is 0.200. The lowest BCUT2D eigenvalue weighted by Crippen LogP contribution is -2.12. The van der Waals surface area contributed by atoms with Crippen LogP contribution in [0, 0.1) is 13.8 Å². The van der Waals surface area contributed by atoms with E-state index in [1.165, 1.54) is 6.92 Å². The fourth-order valence-corrected chi connectivity index (χ4v) is 2.53. The summed E-state index contributed by atoms with van der Waals surface area (Å²) in [5.41, 5.74) is 6.07. The average molecular weight is 324 g/mol. The molecule has 0 saturated carbocycles. The third kappa shape index (κ3) is 3.28. The molecule has 2 rings (SSSR count). The molecule has 0 fully saturated rings. The molecule has 0 bridgehead atoms. The van der Waals surface area contributed by atoms with Crippen molar-refractivity contribution in [3.8, 4) is 5.69 Å². The van der Waals surface area contributed by atoms with Gasteiger partial charge >= 0.3 is 0 Å². The van der Waals surface area contributed by atoms with Gasteiger partial charge in [0.1, 0.15) is 0 Å². The summed E-state index contributed by atoms with van der Waals surface area (Å²) < 4.78 is 2.00. The number of carbonyl (C=O) groups is 1. The van der Waals surface area contributed by atoms with E-state index in [4.69, 9.17) is 23.2 Å². The SMILES string of the molecule is CC(=O)N/N=C/c1cc(C)n(-c2cccc(Cl)c2Cl)c1C. The van der Waals surface area contributed by atoms with E-state index in [9.17, 15) is 4.79 Å². The third-order valence-corrected chi connectivity index (χ3v) is 3.88. The van der Waals surface area contributed by atoms with Crippen LogP contribution in [-0.2, 0) is 4.79 Å².